The van der Waals surface area contributed by atoms with E-state index in [-0.39, 0.29) is 24.3 Å². The lowest BCUT2D eigenvalue weighted by Gasteiger charge is -2.13. The van der Waals surface area contributed by atoms with Crippen LogP contribution in [-0.4, -0.2) is 44.2 Å². The molecule has 7 nitrogen and oxygen atoms in total. The summed E-state index contributed by atoms with van der Waals surface area (Å²) in [7, 11) is 0. The van der Waals surface area contributed by atoms with Crippen molar-refractivity contribution in [3.05, 3.63) is 17.5 Å². The Labute approximate surface area is 134 Å². The van der Waals surface area contributed by atoms with E-state index in [9.17, 15) is 15.0 Å². The van der Waals surface area contributed by atoms with Gasteiger partial charge in [-0.3, -0.25) is 0 Å². The monoisotopic (exact) mass is 321 g/mol. The van der Waals surface area contributed by atoms with Gasteiger partial charge in [0.15, 0.2) is 5.65 Å². The summed E-state index contributed by atoms with van der Waals surface area (Å²) in [5.74, 6) is -0.819. The molecule has 0 aromatic carbocycles. The predicted molar refractivity (Wildman–Crippen MR) is 86.0 cm³/mol. The number of carboxylic acid groups (broad SMARTS) is 1. The van der Waals surface area contributed by atoms with Crippen LogP contribution in [0.3, 0.4) is 0 Å². The first-order valence-electron chi connectivity index (χ1n) is 7.99. The number of carbonyl (C=O) groups is 1. The first kappa shape index (κ1) is 17.2. The van der Waals surface area contributed by atoms with Crippen molar-refractivity contribution < 1.29 is 19.7 Å². The van der Waals surface area contributed by atoms with Crippen LogP contribution < -0.4 is 4.74 Å². The number of nitrogens with zero attached hydrogens (tertiary/aromatic N) is 3. The number of aliphatic hydroxyl groups excluding tert-OH is 1. The van der Waals surface area contributed by atoms with Crippen LogP contribution in [0.1, 0.15) is 49.2 Å². The van der Waals surface area contributed by atoms with Gasteiger partial charge in [-0.15, -0.1) is 0 Å². The summed E-state index contributed by atoms with van der Waals surface area (Å²) in [4.78, 5) is 16.1. The fourth-order valence-corrected chi connectivity index (χ4v) is 2.58. The maximum Gasteiger partial charge on any atom is 0.341 e. The lowest BCUT2D eigenvalue weighted by atomic mass is 10.1. The van der Waals surface area contributed by atoms with E-state index >= 15 is 0 Å². The highest BCUT2D eigenvalue weighted by atomic mass is 16.5. The SMILES string of the molecule is CCCCCn1ncc2c(OCC)c(C(=O)O)c(CCO)nc21. The van der Waals surface area contributed by atoms with Crippen LogP contribution in [0.2, 0.25) is 0 Å². The van der Waals surface area contributed by atoms with E-state index in [4.69, 9.17) is 4.74 Å². The van der Waals surface area contributed by atoms with E-state index in [1.807, 2.05) is 0 Å². The van der Waals surface area contributed by atoms with Gasteiger partial charge in [-0.2, -0.15) is 5.10 Å². The second-order valence-corrected chi connectivity index (χ2v) is 5.29. The van der Waals surface area contributed by atoms with Gasteiger partial charge >= 0.3 is 5.97 Å². The smallest absolute Gasteiger partial charge is 0.341 e. The average Bonchev–Trinajstić information content (AvgIpc) is 2.91. The van der Waals surface area contributed by atoms with Gasteiger partial charge in [0.05, 0.1) is 23.9 Å². The third-order valence-electron chi connectivity index (χ3n) is 3.64. The minimum atomic E-state index is -1.11. The molecule has 0 saturated heterocycles. The second-order valence-electron chi connectivity index (χ2n) is 5.29. The average molecular weight is 321 g/mol. The maximum atomic E-state index is 11.6. The molecule has 2 aromatic rings. The number of hydrogen-bond donors (Lipinski definition) is 2. The van der Waals surface area contributed by atoms with E-state index in [1.54, 1.807) is 17.8 Å². The number of aromatic nitrogens is 3. The molecule has 0 atom stereocenters. The number of aliphatic hydroxyl groups is 1. The van der Waals surface area contributed by atoms with Crippen LogP contribution in [0.5, 0.6) is 5.75 Å². The van der Waals surface area contributed by atoms with E-state index in [2.05, 4.69) is 17.0 Å². The number of rotatable bonds is 9. The number of fused-ring (bicyclic) bond motifs is 1. The summed E-state index contributed by atoms with van der Waals surface area (Å²) < 4.78 is 7.36. The van der Waals surface area contributed by atoms with Crippen LogP contribution >= 0.6 is 0 Å². The van der Waals surface area contributed by atoms with E-state index in [1.165, 1.54) is 0 Å². The molecular weight excluding hydrogens is 298 g/mol. The number of aromatic carboxylic acids is 1. The number of pyridine rings is 1. The van der Waals surface area contributed by atoms with Crippen molar-refractivity contribution in [1.82, 2.24) is 14.8 Å². The zero-order valence-electron chi connectivity index (χ0n) is 13.6. The molecule has 2 aromatic heterocycles. The molecule has 0 unspecified atom stereocenters. The zero-order chi connectivity index (χ0) is 16.8. The van der Waals surface area contributed by atoms with Crippen LogP contribution in [-0.2, 0) is 13.0 Å². The summed E-state index contributed by atoms with van der Waals surface area (Å²) in [6.07, 6.45) is 4.95. The quantitative estimate of drug-likeness (QED) is 0.688. The molecule has 0 amide bonds. The molecule has 0 bridgehead atoms. The fourth-order valence-electron chi connectivity index (χ4n) is 2.58. The number of carboxylic acids is 1. The van der Waals surface area contributed by atoms with Gasteiger partial charge in [0.1, 0.15) is 11.3 Å². The minimum absolute atomic E-state index is 0.0153. The highest BCUT2D eigenvalue weighted by Gasteiger charge is 2.23. The summed E-state index contributed by atoms with van der Waals surface area (Å²) >= 11 is 0. The summed E-state index contributed by atoms with van der Waals surface area (Å²) in [5.41, 5.74) is 0.952. The molecule has 23 heavy (non-hydrogen) atoms. The molecule has 7 heteroatoms. The van der Waals surface area contributed by atoms with Crippen LogP contribution in [0.15, 0.2) is 6.20 Å². The lowest BCUT2D eigenvalue weighted by molar-refractivity contribution is 0.0691. The molecule has 2 rings (SSSR count). The van der Waals surface area contributed by atoms with Crippen molar-refractivity contribution in [3.8, 4) is 5.75 Å². The molecule has 0 radical (unpaired) electrons. The Morgan fingerprint density at radius 2 is 2.13 bits per heavy atom. The van der Waals surface area contributed by atoms with Crippen LogP contribution in [0.25, 0.3) is 11.0 Å². The summed E-state index contributed by atoms with van der Waals surface area (Å²) in [6, 6.07) is 0. The Hall–Kier alpha value is -2.15. The number of ether oxygens (including phenoxy) is 1. The normalized spacial score (nSPS) is 11.1. The number of unbranched alkanes of at least 4 members (excludes halogenated alkanes) is 2. The van der Waals surface area contributed by atoms with Crippen molar-refractivity contribution in [2.75, 3.05) is 13.2 Å². The van der Waals surface area contributed by atoms with Crippen molar-refractivity contribution in [3.63, 3.8) is 0 Å². The summed E-state index contributed by atoms with van der Waals surface area (Å²) in [5, 5.41) is 23.7. The predicted octanol–water partition coefficient (Wildman–Crippen LogP) is 2.25. The van der Waals surface area contributed by atoms with E-state index in [0.717, 1.165) is 25.8 Å². The second kappa shape index (κ2) is 7.92. The van der Waals surface area contributed by atoms with Crippen molar-refractivity contribution in [2.24, 2.45) is 0 Å². The molecule has 0 aliphatic carbocycles. The van der Waals surface area contributed by atoms with E-state index < -0.39 is 5.97 Å². The van der Waals surface area contributed by atoms with Gasteiger partial charge in [0, 0.05) is 19.6 Å². The lowest BCUT2D eigenvalue weighted by Crippen LogP contribution is -2.12. The molecule has 126 valence electrons. The van der Waals surface area contributed by atoms with E-state index in [0.29, 0.717) is 23.3 Å². The Balaban J connectivity index is 2.58. The highest BCUT2D eigenvalue weighted by molar-refractivity contribution is 5.99. The molecule has 0 saturated carbocycles. The third-order valence-corrected chi connectivity index (χ3v) is 3.64. The summed E-state index contributed by atoms with van der Waals surface area (Å²) in [6.45, 7) is 4.83. The molecule has 0 fully saturated rings. The van der Waals surface area contributed by atoms with Gasteiger partial charge in [-0.25, -0.2) is 14.5 Å². The Morgan fingerprint density at radius 1 is 1.35 bits per heavy atom. The Bertz CT molecular complexity index is 682. The van der Waals surface area contributed by atoms with Crippen molar-refractivity contribution >= 4 is 17.0 Å². The molecular formula is C16H23N3O4. The first-order valence-corrected chi connectivity index (χ1v) is 7.99. The fraction of sp³-hybridized carbons (Fsp3) is 0.562. The number of aryl methyl sites for hydroxylation is 1. The third kappa shape index (κ3) is 3.61. The molecule has 0 aliphatic rings. The van der Waals surface area contributed by atoms with Gasteiger partial charge < -0.3 is 14.9 Å². The van der Waals surface area contributed by atoms with Crippen molar-refractivity contribution in [2.45, 2.75) is 46.1 Å². The minimum Gasteiger partial charge on any atom is -0.492 e. The maximum absolute atomic E-state index is 11.6. The Kier molecular flexibility index (Phi) is 5.92. The first-order chi connectivity index (χ1) is 11.1. The standard InChI is InChI=1S/C16H23N3O4/c1-3-5-6-8-19-15-11(10-17-19)14(23-4-2)13(16(21)22)12(18-15)7-9-20/h10,20H,3-9H2,1-2H3,(H,21,22). The highest BCUT2D eigenvalue weighted by Crippen LogP contribution is 2.31. The molecule has 2 heterocycles. The topological polar surface area (TPSA) is 97.5 Å². The molecule has 0 spiro atoms. The molecule has 2 N–H and O–H groups in total. The van der Waals surface area contributed by atoms with Crippen LogP contribution in [0, 0.1) is 0 Å². The van der Waals surface area contributed by atoms with Crippen molar-refractivity contribution in [1.29, 1.82) is 0 Å². The number of hydrogen-bond acceptors (Lipinski definition) is 5. The van der Waals surface area contributed by atoms with Gasteiger partial charge in [-0.05, 0) is 13.3 Å². The van der Waals surface area contributed by atoms with Gasteiger partial charge in [0.25, 0.3) is 0 Å². The Morgan fingerprint density at radius 3 is 2.74 bits per heavy atom. The van der Waals surface area contributed by atoms with Gasteiger partial charge in [0.2, 0.25) is 0 Å². The largest absolute Gasteiger partial charge is 0.492 e. The van der Waals surface area contributed by atoms with Crippen LogP contribution in [0.4, 0.5) is 0 Å². The molecule has 0 aliphatic heterocycles. The van der Waals surface area contributed by atoms with Gasteiger partial charge in [-0.1, -0.05) is 19.8 Å². The zero-order valence-corrected chi connectivity index (χ0v) is 13.6.